The lowest BCUT2D eigenvalue weighted by Gasteiger charge is -2.29. The third kappa shape index (κ3) is 3.23. The monoisotopic (exact) mass is 383 g/mol. The predicted octanol–water partition coefficient (Wildman–Crippen LogP) is 3.01. The second-order valence-electron chi connectivity index (χ2n) is 7.37. The summed E-state index contributed by atoms with van der Waals surface area (Å²) in [4.78, 5) is 13.7. The van der Waals surface area contributed by atoms with E-state index in [4.69, 9.17) is 5.73 Å². The molecule has 1 aliphatic heterocycles. The van der Waals surface area contributed by atoms with Crippen molar-refractivity contribution in [3.05, 3.63) is 83.6 Å². The third-order valence-electron chi connectivity index (χ3n) is 5.50. The SMILES string of the molecule is NC(=O)Cc1cn(-c2ccc(N3CCc4ccccc4C3)nn2)c2ccccc12. The Bertz CT molecular complexity index is 1200. The number of rotatable bonds is 4. The van der Waals surface area contributed by atoms with Gasteiger partial charge < -0.3 is 10.6 Å². The Labute approximate surface area is 168 Å². The Morgan fingerprint density at radius 2 is 1.66 bits per heavy atom. The zero-order chi connectivity index (χ0) is 19.8. The third-order valence-corrected chi connectivity index (χ3v) is 5.50. The lowest BCUT2D eigenvalue weighted by molar-refractivity contribution is -0.117. The number of carbonyl (C=O) groups excluding carboxylic acids is 1. The maximum atomic E-state index is 11.4. The maximum absolute atomic E-state index is 11.4. The van der Waals surface area contributed by atoms with Gasteiger partial charge in [-0.3, -0.25) is 9.36 Å². The minimum atomic E-state index is -0.347. The van der Waals surface area contributed by atoms with Crippen molar-refractivity contribution in [3.63, 3.8) is 0 Å². The Kier molecular flexibility index (Phi) is 4.24. The van der Waals surface area contributed by atoms with Crippen LogP contribution in [-0.4, -0.2) is 27.2 Å². The van der Waals surface area contributed by atoms with E-state index in [0.29, 0.717) is 0 Å². The molecule has 4 aromatic rings. The zero-order valence-corrected chi connectivity index (χ0v) is 16.0. The van der Waals surface area contributed by atoms with Crippen molar-refractivity contribution < 1.29 is 4.79 Å². The maximum Gasteiger partial charge on any atom is 0.221 e. The average Bonchev–Trinajstić information content (AvgIpc) is 3.11. The van der Waals surface area contributed by atoms with E-state index in [1.54, 1.807) is 0 Å². The van der Waals surface area contributed by atoms with Gasteiger partial charge in [-0.2, -0.15) is 0 Å². The first kappa shape index (κ1) is 17.4. The van der Waals surface area contributed by atoms with Crippen LogP contribution in [0.4, 0.5) is 5.82 Å². The highest BCUT2D eigenvalue weighted by Gasteiger charge is 2.18. The second kappa shape index (κ2) is 7.05. The zero-order valence-electron chi connectivity index (χ0n) is 16.0. The molecule has 144 valence electrons. The van der Waals surface area contributed by atoms with Gasteiger partial charge in [-0.25, -0.2) is 0 Å². The number of benzene rings is 2. The Balaban J connectivity index is 1.46. The first-order chi connectivity index (χ1) is 14.2. The number of hydrogen-bond donors (Lipinski definition) is 1. The van der Waals surface area contributed by atoms with Gasteiger partial charge in [0, 0.05) is 24.7 Å². The Hall–Kier alpha value is -3.67. The standard InChI is InChI=1S/C23H21N5O/c24-21(29)13-18-15-28(20-8-4-3-7-19(18)20)23-10-9-22(25-26-23)27-12-11-16-5-1-2-6-17(16)14-27/h1-10,15H,11-14H2,(H2,24,29). The van der Waals surface area contributed by atoms with Crippen LogP contribution in [0.3, 0.4) is 0 Å². The van der Waals surface area contributed by atoms with Crippen molar-refractivity contribution in [2.45, 2.75) is 19.4 Å². The molecule has 1 aliphatic rings. The molecular formula is C23H21N5O. The summed E-state index contributed by atoms with van der Waals surface area (Å²) in [5.74, 6) is 1.25. The van der Waals surface area contributed by atoms with Crippen molar-refractivity contribution in [1.82, 2.24) is 14.8 Å². The van der Waals surface area contributed by atoms with Crippen molar-refractivity contribution in [2.75, 3.05) is 11.4 Å². The molecule has 1 amide bonds. The summed E-state index contributed by atoms with van der Waals surface area (Å²) >= 11 is 0. The molecule has 0 unspecified atom stereocenters. The molecule has 0 aliphatic carbocycles. The lowest BCUT2D eigenvalue weighted by atomic mass is 10.00. The lowest BCUT2D eigenvalue weighted by Crippen LogP contribution is -2.31. The van der Waals surface area contributed by atoms with Crippen LogP contribution in [0.15, 0.2) is 66.9 Å². The van der Waals surface area contributed by atoms with Gasteiger partial charge in [-0.15, -0.1) is 10.2 Å². The summed E-state index contributed by atoms with van der Waals surface area (Å²) in [6, 6.07) is 20.5. The molecule has 0 bridgehead atoms. The number of para-hydroxylation sites is 1. The summed E-state index contributed by atoms with van der Waals surface area (Å²) in [5.41, 5.74) is 10.1. The molecule has 2 aromatic carbocycles. The van der Waals surface area contributed by atoms with Gasteiger partial charge in [-0.05, 0) is 41.3 Å². The molecule has 0 saturated carbocycles. The number of carbonyl (C=O) groups is 1. The van der Waals surface area contributed by atoms with E-state index in [-0.39, 0.29) is 12.3 Å². The molecular weight excluding hydrogens is 362 g/mol. The smallest absolute Gasteiger partial charge is 0.221 e. The number of fused-ring (bicyclic) bond motifs is 2. The number of anilines is 1. The molecule has 0 atom stereocenters. The van der Waals surface area contributed by atoms with Gasteiger partial charge in [0.15, 0.2) is 11.6 Å². The van der Waals surface area contributed by atoms with Crippen LogP contribution in [0, 0.1) is 0 Å². The molecule has 6 heteroatoms. The van der Waals surface area contributed by atoms with E-state index < -0.39 is 0 Å². The molecule has 2 aromatic heterocycles. The van der Waals surface area contributed by atoms with E-state index >= 15 is 0 Å². The highest BCUT2D eigenvalue weighted by molar-refractivity contribution is 5.89. The van der Waals surface area contributed by atoms with Crippen LogP contribution in [0.2, 0.25) is 0 Å². The first-order valence-corrected chi connectivity index (χ1v) is 9.72. The number of nitrogens with two attached hydrogens (primary N) is 1. The topological polar surface area (TPSA) is 77.0 Å². The highest BCUT2D eigenvalue weighted by atomic mass is 16.1. The number of nitrogens with zero attached hydrogens (tertiary/aromatic N) is 4. The predicted molar refractivity (Wildman–Crippen MR) is 113 cm³/mol. The first-order valence-electron chi connectivity index (χ1n) is 9.72. The Morgan fingerprint density at radius 3 is 2.45 bits per heavy atom. The van der Waals surface area contributed by atoms with Crippen molar-refractivity contribution in [1.29, 1.82) is 0 Å². The molecule has 0 saturated heterocycles. The largest absolute Gasteiger partial charge is 0.369 e. The number of amides is 1. The van der Waals surface area contributed by atoms with E-state index in [0.717, 1.165) is 47.6 Å². The summed E-state index contributed by atoms with van der Waals surface area (Å²) in [7, 11) is 0. The molecule has 2 N–H and O–H groups in total. The number of primary amides is 1. The van der Waals surface area contributed by atoms with Gasteiger partial charge in [0.05, 0.1) is 11.9 Å². The highest BCUT2D eigenvalue weighted by Crippen LogP contribution is 2.26. The van der Waals surface area contributed by atoms with Crippen LogP contribution in [-0.2, 0) is 24.2 Å². The molecule has 0 radical (unpaired) electrons. The van der Waals surface area contributed by atoms with E-state index in [9.17, 15) is 4.79 Å². The molecule has 29 heavy (non-hydrogen) atoms. The fraction of sp³-hybridized carbons (Fsp3) is 0.174. The second-order valence-corrected chi connectivity index (χ2v) is 7.37. The summed E-state index contributed by atoms with van der Waals surface area (Å²) < 4.78 is 1.97. The normalized spacial score (nSPS) is 13.4. The number of aromatic nitrogens is 3. The van der Waals surface area contributed by atoms with Crippen molar-refractivity contribution in [2.24, 2.45) is 5.73 Å². The fourth-order valence-corrected chi connectivity index (χ4v) is 4.07. The van der Waals surface area contributed by atoms with Crippen LogP contribution < -0.4 is 10.6 Å². The van der Waals surface area contributed by atoms with E-state index in [1.807, 2.05) is 47.2 Å². The molecule has 0 fully saturated rings. The van der Waals surface area contributed by atoms with Crippen LogP contribution in [0.1, 0.15) is 16.7 Å². The van der Waals surface area contributed by atoms with Gasteiger partial charge in [-0.1, -0.05) is 42.5 Å². The van der Waals surface area contributed by atoms with Crippen LogP contribution in [0.5, 0.6) is 0 Å². The average molecular weight is 383 g/mol. The molecule has 3 heterocycles. The summed E-state index contributed by atoms with van der Waals surface area (Å²) in [6.45, 7) is 1.78. The summed E-state index contributed by atoms with van der Waals surface area (Å²) in [6.07, 6.45) is 3.14. The molecule has 6 nitrogen and oxygen atoms in total. The van der Waals surface area contributed by atoms with Crippen LogP contribution >= 0.6 is 0 Å². The van der Waals surface area contributed by atoms with E-state index in [2.05, 4.69) is 39.4 Å². The fourth-order valence-electron chi connectivity index (χ4n) is 4.07. The molecule has 5 rings (SSSR count). The molecule has 0 spiro atoms. The number of hydrogen-bond acceptors (Lipinski definition) is 4. The van der Waals surface area contributed by atoms with Gasteiger partial charge in [0.2, 0.25) is 5.91 Å². The summed E-state index contributed by atoms with van der Waals surface area (Å²) in [5, 5.41) is 9.97. The quantitative estimate of drug-likeness (QED) is 0.588. The Morgan fingerprint density at radius 1 is 0.931 bits per heavy atom. The van der Waals surface area contributed by atoms with Crippen molar-refractivity contribution in [3.8, 4) is 5.82 Å². The van der Waals surface area contributed by atoms with Gasteiger partial charge >= 0.3 is 0 Å². The minimum absolute atomic E-state index is 0.201. The van der Waals surface area contributed by atoms with E-state index in [1.165, 1.54) is 11.1 Å². The van der Waals surface area contributed by atoms with Crippen LogP contribution in [0.25, 0.3) is 16.7 Å². The van der Waals surface area contributed by atoms with Gasteiger partial charge in [0.1, 0.15) is 0 Å². The van der Waals surface area contributed by atoms with Gasteiger partial charge in [0.25, 0.3) is 0 Å². The van der Waals surface area contributed by atoms with Crippen molar-refractivity contribution >= 4 is 22.6 Å². The minimum Gasteiger partial charge on any atom is -0.369 e.